The molecule has 0 N–H and O–H groups in total. The van der Waals surface area contributed by atoms with Crippen molar-refractivity contribution in [2.45, 2.75) is 131 Å². The van der Waals surface area contributed by atoms with E-state index in [0.29, 0.717) is 0 Å². The summed E-state index contributed by atoms with van der Waals surface area (Å²) in [6.45, 7) is 33.7. The molecule has 0 heterocycles. The third-order valence-electron chi connectivity index (χ3n) is 11.8. The lowest BCUT2D eigenvalue weighted by atomic mass is 9.84. The van der Waals surface area contributed by atoms with Gasteiger partial charge in [0, 0.05) is 0 Å². The van der Waals surface area contributed by atoms with E-state index in [0.717, 1.165) is 12.8 Å². The molecular weight excluding hydrogens is 605 g/mol. The van der Waals surface area contributed by atoms with Gasteiger partial charge >= 0.3 is 0 Å². The molecule has 0 saturated heterocycles. The first-order valence-corrected chi connectivity index (χ1v) is 20.5. The number of rotatable bonds is 4. The molecule has 0 bridgehead atoms. The number of aryl methyl sites for hydroxylation is 2. The second-order valence-electron chi connectivity index (χ2n) is 19.3. The second kappa shape index (κ2) is 11.8. The van der Waals surface area contributed by atoms with Gasteiger partial charge in [-0.25, -0.2) is 0 Å². The summed E-state index contributed by atoms with van der Waals surface area (Å²) in [5, 5.41) is 3.65. The van der Waals surface area contributed by atoms with Crippen LogP contribution in [0.4, 0.5) is 0 Å². The third-order valence-corrected chi connectivity index (χ3v) is 18.8. The summed E-state index contributed by atoms with van der Waals surface area (Å²) in [5.74, 6) is 0. The van der Waals surface area contributed by atoms with Crippen LogP contribution in [0.3, 0.4) is 0 Å². The lowest BCUT2D eigenvalue weighted by Crippen LogP contribution is -2.56. The second-order valence-corrected chi connectivity index (χ2v) is 25.0. The van der Waals surface area contributed by atoms with Gasteiger partial charge in [0.2, 0.25) is 0 Å². The number of hydrogen-bond donors (Lipinski definition) is 0. The number of benzene rings is 4. The van der Waals surface area contributed by atoms with Crippen molar-refractivity contribution in [1.29, 1.82) is 0 Å². The van der Waals surface area contributed by atoms with Crippen LogP contribution in [-0.2, 0) is 23.7 Å². The minimum absolute atomic E-state index is 0.127. The molecule has 256 valence electrons. The van der Waals surface area contributed by atoms with E-state index in [1.165, 1.54) is 66.8 Å². The van der Waals surface area contributed by atoms with Gasteiger partial charge in [-0.1, -0.05) is 178 Å². The number of hydrogen-bond acceptors (Lipinski definition) is 0. The number of fused-ring (bicyclic) bond motifs is 2. The molecule has 4 aromatic rings. The van der Waals surface area contributed by atoms with Crippen LogP contribution in [-0.4, -0.2) is 8.07 Å². The predicted octanol–water partition coefficient (Wildman–Crippen LogP) is 13.9. The van der Waals surface area contributed by atoms with Crippen molar-refractivity contribution in [2.24, 2.45) is 0 Å². The van der Waals surface area contributed by atoms with Crippen molar-refractivity contribution >= 4 is 20.2 Å². The molecule has 0 amide bonds. The highest BCUT2D eigenvalue weighted by molar-refractivity contribution is 6.98. The Bertz CT molecular complexity index is 1850. The molecule has 1 heteroatoms. The fourth-order valence-corrected chi connectivity index (χ4v) is 18.0. The Labute approximate surface area is 299 Å². The predicted molar refractivity (Wildman–Crippen MR) is 219 cm³/mol. The summed E-state index contributed by atoms with van der Waals surface area (Å²) in [6, 6.07) is 28.4. The van der Waals surface area contributed by atoms with Gasteiger partial charge in [-0.15, -0.1) is 0 Å². The van der Waals surface area contributed by atoms with Crippen LogP contribution >= 0.6 is 0 Å². The molecule has 49 heavy (non-hydrogen) atoms. The molecule has 0 unspecified atom stereocenters. The van der Waals surface area contributed by atoms with E-state index in [2.05, 4.69) is 182 Å². The lowest BCUT2D eigenvalue weighted by molar-refractivity contribution is 0.589. The van der Waals surface area contributed by atoms with Crippen molar-refractivity contribution < 1.29 is 0 Å². The van der Waals surface area contributed by atoms with Gasteiger partial charge in [-0.3, -0.25) is 0 Å². The summed E-state index contributed by atoms with van der Waals surface area (Å²) in [4.78, 5) is 0. The summed E-state index contributed by atoms with van der Waals surface area (Å²) in [7, 11) is -2.35. The zero-order valence-electron chi connectivity index (χ0n) is 33.0. The Balaban J connectivity index is 1.51. The SMILES string of the molecule is Cc1cc(C(C)(C)C)ccc1-c1cccc2c1C=C([Si](C1=Cc3c(cccc3-c3ccc(C(C)(C)C)cc3C)C1)(C(C)(C)C)C(C)(C)C)C2. The molecule has 0 atom stereocenters. The summed E-state index contributed by atoms with van der Waals surface area (Å²) in [6.07, 6.45) is 7.45. The van der Waals surface area contributed by atoms with Gasteiger partial charge in [0.25, 0.3) is 0 Å². The molecule has 2 aliphatic rings. The first kappa shape index (κ1) is 35.4. The fraction of sp³-hybridized carbons (Fsp3) is 0.417. The Morgan fingerprint density at radius 1 is 0.449 bits per heavy atom. The summed E-state index contributed by atoms with van der Waals surface area (Å²) < 4.78 is 0. The van der Waals surface area contributed by atoms with Crippen molar-refractivity contribution in [3.8, 4) is 22.3 Å². The summed E-state index contributed by atoms with van der Waals surface area (Å²) in [5.41, 5.74) is 17.2. The first-order chi connectivity index (χ1) is 22.6. The topological polar surface area (TPSA) is 0 Å². The van der Waals surface area contributed by atoms with E-state index in [1.54, 1.807) is 10.4 Å². The monoisotopic (exact) mass is 664 g/mol. The molecule has 2 aliphatic carbocycles. The van der Waals surface area contributed by atoms with E-state index < -0.39 is 8.07 Å². The average molecular weight is 665 g/mol. The van der Waals surface area contributed by atoms with Crippen molar-refractivity contribution in [3.63, 3.8) is 0 Å². The Hall–Kier alpha value is -3.42. The molecule has 0 spiro atoms. The lowest BCUT2D eigenvalue weighted by Gasteiger charge is -2.54. The van der Waals surface area contributed by atoms with Gasteiger partial charge in [0.15, 0.2) is 0 Å². The molecular formula is C48H60Si. The minimum atomic E-state index is -2.35. The van der Waals surface area contributed by atoms with Gasteiger partial charge in [-0.2, -0.15) is 0 Å². The van der Waals surface area contributed by atoms with Crippen molar-refractivity contribution in [1.82, 2.24) is 0 Å². The maximum absolute atomic E-state index is 2.67. The smallest absolute Gasteiger partial charge is 0.0699 e. The Morgan fingerprint density at radius 3 is 1.12 bits per heavy atom. The zero-order valence-corrected chi connectivity index (χ0v) is 34.0. The minimum Gasteiger partial charge on any atom is -0.0699 e. The van der Waals surface area contributed by atoms with Crippen molar-refractivity contribution in [2.75, 3.05) is 0 Å². The molecule has 0 fully saturated rings. The van der Waals surface area contributed by atoms with Crippen LogP contribution in [0.25, 0.3) is 34.4 Å². The summed E-state index contributed by atoms with van der Waals surface area (Å²) >= 11 is 0. The maximum atomic E-state index is 2.67. The van der Waals surface area contributed by atoms with E-state index in [-0.39, 0.29) is 20.9 Å². The molecule has 0 radical (unpaired) electrons. The molecule has 6 rings (SSSR count). The zero-order chi connectivity index (χ0) is 35.9. The van der Waals surface area contributed by atoms with E-state index in [4.69, 9.17) is 0 Å². The van der Waals surface area contributed by atoms with Gasteiger partial charge in [0.05, 0.1) is 0 Å². The highest BCUT2D eigenvalue weighted by Gasteiger charge is 2.58. The third kappa shape index (κ3) is 5.95. The Kier molecular flexibility index (Phi) is 8.55. The average Bonchev–Trinajstić information content (AvgIpc) is 3.60. The van der Waals surface area contributed by atoms with Crippen LogP contribution in [0.5, 0.6) is 0 Å². The molecule has 0 saturated carbocycles. The van der Waals surface area contributed by atoms with Gasteiger partial charge in [-0.05, 0) is 114 Å². The normalized spacial score (nSPS) is 15.2. The van der Waals surface area contributed by atoms with Crippen LogP contribution in [0.15, 0.2) is 83.2 Å². The van der Waals surface area contributed by atoms with Crippen LogP contribution < -0.4 is 0 Å². The molecule has 0 aliphatic heterocycles. The maximum Gasteiger partial charge on any atom is 0.120 e. The van der Waals surface area contributed by atoms with Gasteiger partial charge in [0.1, 0.15) is 8.07 Å². The van der Waals surface area contributed by atoms with Crippen LogP contribution in [0.2, 0.25) is 10.1 Å². The Morgan fingerprint density at radius 2 is 0.816 bits per heavy atom. The number of allylic oxidation sites excluding steroid dienone is 2. The first-order valence-electron chi connectivity index (χ1n) is 18.5. The molecule has 0 nitrogen and oxygen atoms in total. The fourth-order valence-electron chi connectivity index (χ4n) is 9.81. The quantitative estimate of drug-likeness (QED) is 0.190. The molecule has 0 aromatic heterocycles. The molecule has 4 aromatic carbocycles. The highest BCUT2D eigenvalue weighted by Crippen LogP contribution is 2.62. The van der Waals surface area contributed by atoms with E-state index in [1.807, 2.05) is 0 Å². The van der Waals surface area contributed by atoms with Gasteiger partial charge < -0.3 is 0 Å². The standard InChI is InChI=1S/C48H60Si/c1-31-25-35(45(3,4)5)21-23-39(31)41-19-15-17-33-27-37(29-43(33)41)49(47(9,10)11,48(12,13)14)38-28-34-18-16-20-42(44(34)30-38)40-24-22-36(26-32(40)2)46(6,7)8/h15-26,29-30H,27-28H2,1-14H3. The van der Waals surface area contributed by atoms with Crippen molar-refractivity contribution in [3.05, 3.63) is 128 Å². The van der Waals surface area contributed by atoms with E-state index >= 15 is 0 Å². The van der Waals surface area contributed by atoms with E-state index in [9.17, 15) is 0 Å². The largest absolute Gasteiger partial charge is 0.120 e. The highest BCUT2D eigenvalue weighted by atomic mass is 28.3. The van der Waals surface area contributed by atoms with Crippen LogP contribution in [0, 0.1) is 13.8 Å². The van der Waals surface area contributed by atoms with Crippen LogP contribution in [0.1, 0.15) is 128 Å².